The van der Waals surface area contributed by atoms with Crippen molar-refractivity contribution in [2.45, 2.75) is 6.61 Å². The Kier molecular flexibility index (Phi) is 3.64. The molecule has 0 aliphatic rings. The van der Waals surface area contributed by atoms with E-state index in [4.69, 9.17) is 21.4 Å². The summed E-state index contributed by atoms with van der Waals surface area (Å²) in [6, 6.07) is 8.55. The van der Waals surface area contributed by atoms with Crippen LogP contribution in [0.5, 0.6) is 0 Å². The summed E-state index contributed by atoms with van der Waals surface area (Å²) in [5.74, 6) is -1.09. The number of benzene rings is 1. The number of ether oxygens (including phenoxy) is 1. The van der Waals surface area contributed by atoms with Crippen molar-refractivity contribution in [2.24, 2.45) is 0 Å². The van der Waals surface area contributed by atoms with Gasteiger partial charge in [0, 0.05) is 7.11 Å². The van der Waals surface area contributed by atoms with Gasteiger partial charge in [0.25, 0.3) is 0 Å². The lowest BCUT2D eigenvalue weighted by atomic mass is 10.3. The molecular formula is C12H11ClN2O3. The number of para-hydroxylation sites is 1. The van der Waals surface area contributed by atoms with Crippen LogP contribution >= 0.6 is 11.6 Å². The van der Waals surface area contributed by atoms with Crippen molar-refractivity contribution >= 4 is 17.6 Å². The van der Waals surface area contributed by atoms with Crippen molar-refractivity contribution in [3.05, 3.63) is 46.7 Å². The van der Waals surface area contributed by atoms with Crippen LogP contribution < -0.4 is 0 Å². The number of aromatic nitrogens is 2. The average Bonchev–Trinajstić information content (AvgIpc) is 2.74. The molecule has 1 aromatic heterocycles. The first-order valence-electron chi connectivity index (χ1n) is 5.19. The fourth-order valence-electron chi connectivity index (χ4n) is 1.61. The summed E-state index contributed by atoms with van der Waals surface area (Å²) in [6.45, 7) is 0.255. The minimum absolute atomic E-state index is 0.0398. The van der Waals surface area contributed by atoms with E-state index in [2.05, 4.69) is 5.10 Å². The van der Waals surface area contributed by atoms with Crippen LogP contribution in [0.1, 0.15) is 16.2 Å². The zero-order valence-corrected chi connectivity index (χ0v) is 10.4. The lowest BCUT2D eigenvalue weighted by Crippen LogP contribution is -2.05. The summed E-state index contributed by atoms with van der Waals surface area (Å²) >= 11 is 6.07. The Balaban J connectivity index is 2.55. The highest BCUT2D eigenvalue weighted by molar-refractivity contribution is 6.32. The number of methoxy groups -OCH3 is 1. The van der Waals surface area contributed by atoms with Gasteiger partial charge in [-0.1, -0.05) is 23.7 Å². The first-order chi connectivity index (χ1) is 8.63. The summed E-state index contributed by atoms with van der Waals surface area (Å²) in [6.07, 6.45) is 0. The Morgan fingerprint density at radius 2 is 2.22 bits per heavy atom. The Bertz CT molecular complexity index is 580. The van der Waals surface area contributed by atoms with Gasteiger partial charge in [-0.15, -0.1) is 0 Å². The maximum atomic E-state index is 10.9. The topological polar surface area (TPSA) is 64.3 Å². The van der Waals surface area contributed by atoms with Crippen molar-refractivity contribution < 1.29 is 14.6 Å². The molecule has 1 aromatic carbocycles. The van der Waals surface area contributed by atoms with Crippen LogP contribution in [0.15, 0.2) is 30.3 Å². The molecule has 1 N–H and O–H groups in total. The van der Waals surface area contributed by atoms with Gasteiger partial charge >= 0.3 is 5.97 Å². The van der Waals surface area contributed by atoms with Crippen molar-refractivity contribution in [3.8, 4) is 5.69 Å². The highest BCUT2D eigenvalue weighted by atomic mass is 35.5. The van der Waals surface area contributed by atoms with E-state index >= 15 is 0 Å². The molecule has 2 rings (SSSR count). The Hall–Kier alpha value is -1.85. The number of aromatic carboxylic acids is 1. The van der Waals surface area contributed by atoms with Gasteiger partial charge in [0.05, 0.1) is 23.0 Å². The van der Waals surface area contributed by atoms with Crippen LogP contribution in [0.2, 0.25) is 5.02 Å². The number of carboxylic acids is 1. The summed E-state index contributed by atoms with van der Waals surface area (Å²) < 4.78 is 6.51. The predicted octanol–water partition coefficient (Wildman–Crippen LogP) is 2.37. The molecule has 0 aliphatic carbocycles. The lowest BCUT2D eigenvalue weighted by Gasteiger charge is -2.07. The van der Waals surface area contributed by atoms with Crippen LogP contribution in [0.3, 0.4) is 0 Å². The molecule has 0 atom stereocenters. The number of rotatable bonds is 4. The quantitative estimate of drug-likeness (QED) is 0.923. The van der Waals surface area contributed by atoms with Gasteiger partial charge in [0.2, 0.25) is 0 Å². The highest BCUT2D eigenvalue weighted by Gasteiger charge is 2.15. The summed E-state index contributed by atoms with van der Waals surface area (Å²) in [7, 11) is 1.53. The van der Waals surface area contributed by atoms with Gasteiger partial charge in [-0.3, -0.25) is 0 Å². The van der Waals surface area contributed by atoms with Crippen LogP contribution in [0, 0.1) is 0 Å². The summed E-state index contributed by atoms with van der Waals surface area (Å²) in [5, 5.41) is 13.5. The van der Waals surface area contributed by atoms with Crippen LogP contribution in [0.4, 0.5) is 0 Å². The second-order valence-corrected chi connectivity index (χ2v) is 4.03. The molecule has 0 saturated carbocycles. The molecular weight excluding hydrogens is 256 g/mol. The fraction of sp³-hybridized carbons (Fsp3) is 0.167. The van der Waals surface area contributed by atoms with Crippen molar-refractivity contribution in [2.75, 3.05) is 7.11 Å². The number of hydrogen-bond acceptors (Lipinski definition) is 3. The number of carboxylic acid groups (broad SMARTS) is 1. The molecule has 0 aliphatic heterocycles. The monoisotopic (exact) mass is 266 g/mol. The minimum atomic E-state index is -1.09. The molecule has 0 radical (unpaired) electrons. The van der Waals surface area contributed by atoms with Gasteiger partial charge in [-0.2, -0.15) is 5.10 Å². The van der Waals surface area contributed by atoms with Crippen LogP contribution in [-0.4, -0.2) is 28.0 Å². The Labute approximate surface area is 109 Å². The molecule has 0 saturated heterocycles. The van der Waals surface area contributed by atoms with E-state index in [0.717, 1.165) is 0 Å². The Morgan fingerprint density at radius 3 is 2.83 bits per heavy atom. The summed E-state index contributed by atoms with van der Waals surface area (Å²) in [4.78, 5) is 10.9. The number of hydrogen-bond donors (Lipinski definition) is 1. The SMILES string of the molecule is COCc1cc(C(=O)O)nn1-c1ccccc1Cl. The van der Waals surface area contributed by atoms with Crippen molar-refractivity contribution in [1.29, 1.82) is 0 Å². The standard InChI is InChI=1S/C12H11ClN2O3/c1-18-7-8-6-10(12(16)17)14-15(8)11-5-3-2-4-9(11)13/h2-6H,7H2,1H3,(H,16,17). The van der Waals surface area contributed by atoms with Gasteiger partial charge in [0.1, 0.15) is 0 Å². The van der Waals surface area contributed by atoms with Gasteiger partial charge < -0.3 is 9.84 Å². The van der Waals surface area contributed by atoms with E-state index in [1.807, 2.05) is 0 Å². The number of carbonyl (C=O) groups is 1. The van der Waals surface area contributed by atoms with Gasteiger partial charge in [-0.05, 0) is 18.2 Å². The van der Waals surface area contributed by atoms with Crippen LogP contribution in [-0.2, 0) is 11.3 Å². The van der Waals surface area contributed by atoms with E-state index in [9.17, 15) is 4.79 Å². The van der Waals surface area contributed by atoms with E-state index in [1.54, 1.807) is 24.3 Å². The molecule has 5 nitrogen and oxygen atoms in total. The normalized spacial score (nSPS) is 10.6. The first kappa shape index (κ1) is 12.6. The maximum Gasteiger partial charge on any atom is 0.356 e. The van der Waals surface area contributed by atoms with Crippen molar-refractivity contribution in [3.63, 3.8) is 0 Å². The van der Waals surface area contributed by atoms with E-state index < -0.39 is 5.97 Å². The molecule has 2 aromatic rings. The average molecular weight is 267 g/mol. The molecule has 18 heavy (non-hydrogen) atoms. The molecule has 0 amide bonds. The predicted molar refractivity (Wildman–Crippen MR) is 66.2 cm³/mol. The minimum Gasteiger partial charge on any atom is -0.476 e. The molecule has 94 valence electrons. The zero-order valence-electron chi connectivity index (χ0n) is 9.63. The van der Waals surface area contributed by atoms with Gasteiger partial charge in [-0.25, -0.2) is 9.48 Å². The largest absolute Gasteiger partial charge is 0.476 e. The molecule has 0 bridgehead atoms. The highest BCUT2D eigenvalue weighted by Crippen LogP contribution is 2.21. The smallest absolute Gasteiger partial charge is 0.356 e. The van der Waals surface area contributed by atoms with Crippen LogP contribution in [0.25, 0.3) is 5.69 Å². The third kappa shape index (κ3) is 2.37. The van der Waals surface area contributed by atoms with Gasteiger partial charge in [0.15, 0.2) is 5.69 Å². The fourth-order valence-corrected chi connectivity index (χ4v) is 1.82. The maximum absolute atomic E-state index is 10.9. The van der Waals surface area contributed by atoms with Crippen molar-refractivity contribution in [1.82, 2.24) is 9.78 Å². The van der Waals surface area contributed by atoms with E-state index in [-0.39, 0.29) is 12.3 Å². The summed E-state index contributed by atoms with van der Waals surface area (Å²) in [5.41, 5.74) is 1.21. The third-order valence-electron chi connectivity index (χ3n) is 2.38. The molecule has 0 fully saturated rings. The number of halogens is 1. The zero-order chi connectivity index (χ0) is 13.1. The molecule has 0 unspecified atom stereocenters. The lowest BCUT2D eigenvalue weighted by molar-refractivity contribution is 0.0690. The number of nitrogens with zero attached hydrogens (tertiary/aromatic N) is 2. The van der Waals surface area contributed by atoms with E-state index in [0.29, 0.717) is 16.4 Å². The second kappa shape index (κ2) is 5.20. The second-order valence-electron chi connectivity index (χ2n) is 3.62. The Morgan fingerprint density at radius 1 is 1.50 bits per heavy atom. The molecule has 6 heteroatoms. The molecule has 0 spiro atoms. The van der Waals surface area contributed by atoms with E-state index in [1.165, 1.54) is 17.9 Å². The first-order valence-corrected chi connectivity index (χ1v) is 5.57. The molecule has 1 heterocycles. The third-order valence-corrected chi connectivity index (χ3v) is 2.69.